The van der Waals surface area contributed by atoms with Crippen molar-refractivity contribution < 1.29 is 25.3 Å². The monoisotopic (exact) mass is 263 g/mol. The minimum atomic E-state index is -2.15. The number of nitrogens with zero attached hydrogens (tertiary/aromatic N) is 1. The molecule has 18 heavy (non-hydrogen) atoms. The maximum atomic E-state index is 10.4. The Morgan fingerprint density at radius 1 is 1.06 bits per heavy atom. The van der Waals surface area contributed by atoms with Crippen molar-refractivity contribution in [3.63, 3.8) is 0 Å². The van der Waals surface area contributed by atoms with Crippen LogP contribution >= 0.6 is 0 Å². The smallest absolute Gasteiger partial charge is 0.191 e. The van der Waals surface area contributed by atoms with Gasteiger partial charge in [-0.3, -0.25) is 0 Å². The number of hydrogen-bond donors (Lipinski definition) is 4. The largest absolute Gasteiger partial charge is 0.394 e. The number of hydrogen-bond acceptors (Lipinski definition) is 6. The fraction of sp³-hybridized carbons (Fsp3) is 1.00. The molecular formula is C12H25NO5. The second-order valence-electron chi connectivity index (χ2n) is 6.30. The summed E-state index contributed by atoms with van der Waals surface area (Å²) in [7, 11) is 1.39. The molecule has 4 N–H and O–H groups in total. The molecule has 1 aliphatic heterocycles. The molecule has 0 radical (unpaired) electrons. The number of piperidine rings is 1. The first-order chi connectivity index (χ1) is 8.02. The summed E-state index contributed by atoms with van der Waals surface area (Å²) >= 11 is 0. The zero-order chi connectivity index (χ0) is 14.4. The Labute approximate surface area is 108 Å². The molecule has 0 aromatic carbocycles. The standard InChI is InChI=1S/C12H25NO5/c1-9(2)6-10(3,7-14)13(18-5)11(4,8-15)12(9,16)17/h14-17H,6-8H2,1-5H3. The van der Waals surface area contributed by atoms with Crippen molar-refractivity contribution in [1.82, 2.24) is 5.06 Å². The van der Waals surface area contributed by atoms with E-state index < -0.39 is 28.9 Å². The molecule has 0 bridgehead atoms. The van der Waals surface area contributed by atoms with Crippen molar-refractivity contribution in [2.24, 2.45) is 5.41 Å². The Morgan fingerprint density at radius 2 is 1.56 bits per heavy atom. The van der Waals surface area contributed by atoms with Crippen LogP contribution in [0, 0.1) is 5.41 Å². The molecule has 0 aromatic rings. The molecule has 6 heteroatoms. The van der Waals surface area contributed by atoms with Gasteiger partial charge in [0.1, 0.15) is 5.54 Å². The fourth-order valence-electron chi connectivity index (χ4n) is 3.33. The Morgan fingerprint density at radius 3 is 1.89 bits per heavy atom. The minimum absolute atomic E-state index is 0.212. The van der Waals surface area contributed by atoms with Crippen LogP contribution in [0.25, 0.3) is 0 Å². The first-order valence-corrected chi connectivity index (χ1v) is 6.03. The maximum absolute atomic E-state index is 10.4. The van der Waals surface area contributed by atoms with Crippen LogP contribution in [0.4, 0.5) is 0 Å². The third-order valence-corrected chi connectivity index (χ3v) is 4.29. The summed E-state index contributed by atoms with van der Waals surface area (Å²) in [5.41, 5.74) is -3.14. The zero-order valence-electron chi connectivity index (χ0n) is 11.8. The highest BCUT2D eigenvalue weighted by atomic mass is 16.7. The van der Waals surface area contributed by atoms with Crippen LogP contribution in [0.15, 0.2) is 0 Å². The first kappa shape index (κ1) is 15.8. The molecule has 2 atom stereocenters. The Kier molecular flexibility index (Phi) is 3.87. The van der Waals surface area contributed by atoms with Gasteiger partial charge < -0.3 is 25.3 Å². The number of aliphatic hydroxyl groups excluding tert-OH is 2. The summed E-state index contributed by atoms with van der Waals surface area (Å²) in [5.74, 6) is -2.15. The van der Waals surface area contributed by atoms with Crippen molar-refractivity contribution in [1.29, 1.82) is 0 Å². The van der Waals surface area contributed by atoms with Crippen LogP contribution in [0.3, 0.4) is 0 Å². The third kappa shape index (κ3) is 1.79. The summed E-state index contributed by atoms with van der Waals surface area (Å²) in [6.45, 7) is 5.94. The average Bonchev–Trinajstić information content (AvgIpc) is 2.27. The van der Waals surface area contributed by atoms with Gasteiger partial charge >= 0.3 is 0 Å². The summed E-state index contributed by atoms with van der Waals surface area (Å²) in [6.07, 6.45) is 0.312. The Bertz CT molecular complexity index is 320. The Balaban J connectivity index is 3.41. The number of aliphatic hydroxyl groups is 4. The molecule has 1 rings (SSSR count). The molecule has 6 nitrogen and oxygen atoms in total. The van der Waals surface area contributed by atoms with Crippen molar-refractivity contribution in [2.75, 3.05) is 20.3 Å². The van der Waals surface area contributed by atoms with E-state index in [1.165, 1.54) is 19.1 Å². The molecule has 1 aliphatic rings. The SMILES string of the molecule is CON1C(C)(CO)CC(C)(C)C(O)(O)C1(C)CO. The second kappa shape index (κ2) is 4.40. The average molecular weight is 263 g/mol. The predicted molar refractivity (Wildman–Crippen MR) is 65.4 cm³/mol. The van der Waals surface area contributed by atoms with E-state index in [1.807, 2.05) is 0 Å². The van der Waals surface area contributed by atoms with Crippen LogP contribution in [0.5, 0.6) is 0 Å². The van der Waals surface area contributed by atoms with Crippen LogP contribution in [-0.4, -0.2) is 62.7 Å². The van der Waals surface area contributed by atoms with Gasteiger partial charge in [0.15, 0.2) is 5.79 Å². The second-order valence-corrected chi connectivity index (χ2v) is 6.30. The predicted octanol–water partition coefficient (Wildman–Crippen LogP) is -0.537. The number of rotatable bonds is 3. The van der Waals surface area contributed by atoms with Crippen molar-refractivity contribution >= 4 is 0 Å². The van der Waals surface area contributed by atoms with Gasteiger partial charge in [-0.05, 0) is 20.3 Å². The van der Waals surface area contributed by atoms with Crippen molar-refractivity contribution in [2.45, 2.75) is 51.0 Å². The lowest BCUT2D eigenvalue weighted by atomic mass is 9.62. The molecule has 1 fully saturated rings. The van der Waals surface area contributed by atoms with Crippen LogP contribution < -0.4 is 0 Å². The molecule has 0 spiro atoms. The molecule has 0 aromatic heterocycles. The van der Waals surface area contributed by atoms with E-state index in [4.69, 9.17) is 4.84 Å². The summed E-state index contributed by atoms with van der Waals surface area (Å²) in [4.78, 5) is 5.23. The quantitative estimate of drug-likeness (QED) is 0.511. The fourth-order valence-corrected chi connectivity index (χ4v) is 3.33. The number of hydroxylamine groups is 2. The van der Waals surface area contributed by atoms with E-state index in [0.717, 1.165) is 0 Å². The topological polar surface area (TPSA) is 93.4 Å². The van der Waals surface area contributed by atoms with E-state index >= 15 is 0 Å². The van der Waals surface area contributed by atoms with Crippen LogP contribution in [-0.2, 0) is 4.84 Å². The zero-order valence-corrected chi connectivity index (χ0v) is 11.8. The Hall–Kier alpha value is -0.240. The lowest BCUT2D eigenvalue weighted by molar-refractivity contribution is -0.415. The molecule has 108 valence electrons. The minimum Gasteiger partial charge on any atom is -0.394 e. The lowest BCUT2D eigenvalue weighted by Crippen LogP contribution is -2.79. The molecule has 1 saturated heterocycles. The van der Waals surface area contributed by atoms with E-state index in [-0.39, 0.29) is 6.61 Å². The normalized spacial score (nSPS) is 39.8. The van der Waals surface area contributed by atoms with E-state index in [1.54, 1.807) is 20.8 Å². The van der Waals surface area contributed by atoms with Gasteiger partial charge in [0.2, 0.25) is 0 Å². The molecule has 1 heterocycles. The lowest BCUT2D eigenvalue weighted by Gasteiger charge is -2.63. The molecular weight excluding hydrogens is 238 g/mol. The molecule has 0 amide bonds. The molecule has 0 aliphatic carbocycles. The third-order valence-electron chi connectivity index (χ3n) is 4.29. The van der Waals surface area contributed by atoms with Gasteiger partial charge in [-0.15, -0.1) is 0 Å². The van der Waals surface area contributed by atoms with Gasteiger partial charge in [0.25, 0.3) is 0 Å². The molecule has 0 saturated carbocycles. The van der Waals surface area contributed by atoms with Gasteiger partial charge in [-0.1, -0.05) is 13.8 Å². The van der Waals surface area contributed by atoms with Crippen molar-refractivity contribution in [3.8, 4) is 0 Å². The summed E-state index contributed by atoms with van der Waals surface area (Å²) in [5, 5.41) is 41.4. The van der Waals surface area contributed by atoms with Gasteiger partial charge in [0, 0.05) is 5.41 Å². The van der Waals surface area contributed by atoms with Gasteiger partial charge in [-0.25, -0.2) is 0 Å². The van der Waals surface area contributed by atoms with E-state index in [2.05, 4.69) is 0 Å². The maximum Gasteiger partial charge on any atom is 0.191 e. The van der Waals surface area contributed by atoms with Crippen LogP contribution in [0.1, 0.15) is 34.1 Å². The first-order valence-electron chi connectivity index (χ1n) is 6.03. The van der Waals surface area contributed by atoms with Crippen LogP contribution in [0.2, 0.25) is 0 Å². The van der Waals surface area contributed by atoms with E-state index in [0.29, 0.717) is 6.42 Å². The highest BCUT2D eigenvalue weighted by Gasteiger charge is 2.67. The summed E-state index contributed by atoms with van der Waals surface area (Å²) < 4.78 is 0. The summed E-state index contributed by atoms with van der Waals surface area (Å²) in [6, 6.07) is 0. The highest BCUT2D eigenvalue weighted by Crippen LogP contribution is 2.52. The molecule has 2 unspecified atom stereocenters. The van der Waals surface area contributed by atoms with Gasteiger partial charge in [0.05, 0.1) is 25.9 Å². The van der Waals surface area contributed by atoms with E-state index in [9.17, 15) is 20.4 Å². The van der Waals surface area contributed by atoms with Gasteiger partial charge in [-0.2, -0.15) is 5.06 Å². The van der Waals surface area contributed by atoms with Crippen molar-refractivity contribution in [3.05, 3.63) is 0 Å². The highest BCUT2D eigenvalue weighted by molar-refractivity contribution is 5.13.